The molecule has 0 aliphatic carbocycles. The molecule has 3 amide bonds. The molecular formula is C27H29FN4O4. The highest BCUT2D eigenvalue weighted by Crippen LogP contribution is 2.41. The molecule has 2 N–H and O–H groups in total. The van der Waals surface area contributed by atoms with E-state index < -0.39 is 17.2 Å². The second kappa shape index (κ2) is 9.49. The lowest BCUT2D eigenvalue weighted by Gasteiger charge is -2.29. The molecule has 3 aromatic rings. The molecule has 1 aromatic heterocycles. The Morgan fingerprint density at radius 1 is 1.14 bits per heavy atom. The van der Waals surface area contributed by atoms with Crippen molar-refractivity contribution in [2.75, 3.05) is 32.6 Å². The molecule has 36 heavy (non-hydrogen) atoms. The van der Waals surface area contributed by atoms with Gasteiger partial charge in [0.25, 0.3) is 5.91 Å². The van der Waals surface area contributed by atoms with Crippen molar-refractivity contribution in [3.05, 3.63) is 71.3 Å². The van der Waals surface area contributed by atoms with Crippen LogP contribution in [0.4, 0.5) is 14.9 Å². The fourth-order valence-electron chi connectivity index (χ4n) is 4.43. The van der Waals surface area contributed by atoms with E-state index in [1.807, 2.05) is 26.0 Å². The monoisotopic (exact) mass is 492 g/mol. The van der Waals surface area contributed by atoms with Gasteiger partial charge in [-0.15, -0.1) is 0 Å². The van der Waals surface area contributed by atoms with E-state index in [4.69, 9.17) is 4.74 Å². The van der Waals surface area contributed by atoms with Gasteiger partial charge in [-0.2, -0.15) is 0 Å². The SMILES string of the molecule is CCOC(=O)C1=CN(C(=O)c2ccc(F)cc2)CC(C)(C)c2c1[nH]c1ccc(NC(=O)N(C)C)cc21. The van der Waals surface area contributed by atoms with E-state index in [1.54, 1.807) is 27.1 Å². The lowest BCUT2D eigenvalue weighted by Crippen LogP contribution is -2.37. The number of urea groups is 1. The van der Waals surface area contributed by atoms with Gasteiger partial charge in [-0.25, -0.2) is 14.0 Å². The summed E-state index contributed by atoms with van der Waals surface area (Å²) in [7, 11) is 3.31. The van der Waals surface area contributed by atoms with Gasteiger partial charge >= 0.3 is 12.0 Å². The van der Waals surface area contributed by atoms with Crippen LogP contribution in [-0.2, 0) is 14.9 Å². The number of aromatic nitrogens is 1. The number of nitrogens with zero attached hydrogens (tertiary/aromatic N) is 2. The molecule has 1 aliphatic heterocycles. The molecule has 0 fully saturated rings. The van der Waals surface area contributed by atoms with Crippen LogP contribution < -0.4 is 5.32 Å². The summed E-state index contributed by atoms with van der Waals surface area (Å²) in [5.74, 6) is -1.37. The first-order valence-corrected chi connectivity index (χ1v) is 11.6. The summed E-state index contributed by atoms with van der Waals surface area (Å²) in [5, 5.41) is 3.67. The lowest BCUT2D eigenvalue weighted by atomic mass is 9.81. The molecule has 188 valence electrons. The van der Waals surface area contributed by atoms with E-state index in [-0.39, 0.29) is 30.7 Å². The van der Waals surface area contributed by atoms with Gasteiger partial charge in [0.2, 0.25) is 0 Å². The van der Waals surface area contributed by atoms with E-state index in [1.165, 1.54) is 40.3 Å². The van der Waals surface area contributed by atoms with Gasteiger partial charge in [0.05, 0.1) is 17.9 Å². The topological polar surface area (TPSA) is 94.7 Å². The zero-order valence-electron chi connectivity index (χ0n) is 20.9. The van der Waals surface area contributed by atoms with Crippen LogP contribution >= 0.6 is 0 Å². The number of ether oxygens (including phenoxy) is 1. The van der Waals surface area contributed by atoms with Crippen LogP contribution in [-0.4, -0.2) is 59.9 Å². The fourth-order valence-corrected chi connectivity index (χ4v) is 4.43. The van der Waals surface area contributed by atoms with Gasteiger partial charge in [0.15, 0.2) is 0 Å². The Morgan fingerprint density at radius 2 is 1.83 bits per heavy atom. The van der Waals surface area contributed by atoms with Crippen LogP contribution in [0.2, 0.25) is 0 Å². The van der Waals surface area contributed by atoms with Gasteiger partial charge in [-0.3, -0.25) is 4.79 Å². The maximum atomic E-state index is 13.4. The van der Waals surface area contributed by atoms with Crippen molar-refractivity contribution in [1.29, 1.82) is 0 Å². The fraction of sp³-hybridized carbons (Fsp3) is 0.296. The third kappa shape index (κ3) is 4.68. The van der Waals surface area contributed by atoms with E-state index in [2.05, 4.69) is 10.3 Å². The maximum absolute atomic E-state index is 13.4. The summed E-state index contributed by atoms with van der Waals surface area (Å²) in [5.41, 5.74) is 2.66. The molecule has 2 aromatic carbocycles. The zero-order chi connectivity index (χ0) is 26.2. The number of amides is 3. The van der Waals surface area contributed by atoms with Gasteiger partial charge in [0, 0.05) is 54.4 Å². The van der Waals surface area contributed by atoms with Crippen molar-refractivity contribution in [2.24, 2.45) is 0 Å². The molecule has 1 aliphatic rings. The Kier molecular flexibility index (Phi) is 6.58. The number of hydrogen-bond acceptors (Lipinski definition) is 4. The average Bonchev–Trinajstić information content (AvgIpc) is 3.15. The second-order valence-electron chi connectivity index (χ2n) is 9.55. The molecule has 0 saturated heterocycles. The molecule has 0 bridgehead atoms. The molecule has 9 heteroatoms. The van der Waals surface area contributed by atoms with Crippen molar-refractivity contribution in [3.8, 4) is 0 Å². The van der Waals surface area contributed by atoms with Crippen LogP contribution in [0.5, 0.6) is 0 Å². The summed E-state index contributed by atoms with van der Waals surface area (Å²) < 4.78 is 18.8. The number of esters is 1. The number of carbonyl (C=O) groups is 3. The predicted octanol–water partition coefficient (Wildman–Crippen LogP) is 4.74. The first kappa shape index (κ1) is 25.0. The standard InChI is InChI=1S/C27H29FN4O4/c1-6-36-25(34)20-14-32(24(33)16-7-9-17(28)10-8-16)15-27(2,3)22-19-13-18(29-26(35)31(4)5)11-12-21(19)30-23(20)22/h7-14,30H,6,15H2,1-5H3,(H,29,35). The van der Waals surface area contributed by atoms with Crippen molar-refractivity contribution in [3.63, 3.8) is 0 Å². The summed E-state index contributed by atoms with van der Waals surface area (Å²) in [6.45, 7) is 6.10. The highest BCUT2D eigenvalue weighted by atomic mass is 19.1. The first-order chi connectivity index (χ1) is 17.0. The Balaban J connectivity index is 1.86. The molecular weight excluding hydrogens is 463 g/mol. The minimum absolute atomic E-state index is 0.168. The maximum Gasteiger partial charge on any atom is 0.341 e. The molecule has 4 rings (SSSR count). The third-order valence-electron chi connectivity index (χ3n) is 6.10. The quantitative estimate of drug-likeness (QED) is 0.515. The largest absolute Gasteiger partial charge is 0.462 e. The molecule has 0 atom stereocenters. The van der Waals surface area contributed by atoms with Crippen LogP contribution in [0.3, 0.4) is 0 Å². The third-order valence-corrected chi connectivity index (χ3v) is 6.10. The lowest BCUT2D eigenvalue weighted by molar-refractivity contribution is -0.136. The van der Waals surface area contributed by atoms with Crippen LogP contribution in [0.15, 0.2) is 48.7 Å². The predicted molar refractivity (Wildman–Crippen MR) is 136 cm³/mol. The van der Waals surface area contributed by atoms with E-state index in [9.17, 15) is 18.8 Å². The summed E-state index contributed by atoms with van der Waals surface area (Å²) in [6, 6.07) is 10.5. The minimum atomic E-state index is -0.613. The number of carbonyl (C=O) groups excluding carboxylic acids is 3. The molecule has 0 radical (unpaired) electrons. The van der Waals surface area contributed by atoms with Gasteiger partial charge in [-0.1, -0.05) is 13.8 Å². The Labute approximate surface area is 208 Å². The smallest absolute Gasteiger partial charge is 0.341 e. The van der Waals surface area contributed by atoms with Crippen molar-refractivity contribution >= 4 is 40.1 Å². The van der Waals surface area contributed by atoms with Crippen molar-refractivity contribution in [1.82, 2.24) is 14.8 Å². The van der Waals surface area contributed by atoms with E-state index in [0.717, 1.165) is 16.5 Å². The minimum Gasteiger partial charge on any atom is -0.462 e. The number of fused-ring (bicyclic) bond motifs is 3. The first-order valence-electron chi connectivity index (χ1n) is 11.6. The molecule has 0 saturated carbocycles. The molecule has 2 heterocycles. The van der Waals surface area contributed by atoms with E-state index in [0.29, 0.717) is 16.9 Å². The van der Waals surface area contributed by atoms with Crippen LogP contribution in [0.1, 0.15) is 42.4 Å². The molecule has 8 nitrogen and oxygen atoms in total. The highest BCUT2D eigenvalue weighted by molar-refractivity contribution is 6.18. The summed E-state index contributed by atoms with van der Waals surface area (Å²) >= 11 is 0. The van der Waals surface area contributed by atoms with E-state index >= 15 is 0 Å². The van der Waals surface area contributed by atoms with Crippen LogP contribution in [0, 0.1) is 5.82 Å². The summed E-state index contributed by atoms with van der Waals surface area (Å²) in [4.78, 5) is 44.9. The van der Waals surface area contributed by atoms with Crippen molar-refractivity contribution < 1.29 is 23.5 Å². The van der Waals surface area contributed by atoms with Crippen LogP contribution in [0.25, 0.3) is 16.5 Å². The zero-order valence-corrected chi connectivity index (χ0v) is 20.9. The number of hydrogen-bond donors (Lipinski definition) is 2. The average molecular weight is 493 g/mol. The number of nitrogens with one attached hydrogen (secondary N) is 2. The van der Waals surface area contributed by atoms with Crippen molar-refractivity contribution in [2.45, 2.75) is 26.2 Å². The number of benzene rings is 2. The number of aromatic amines is 1. The van der Waals surface area contributed by atoms with Gasteiger partial charge < -0.3 is 24.8 Å². The number of H-pyrrole nitrogens is 1. The summed E-state index contributed by atoms with van der Waals surface area (Å²) in [6.07, 6.45) is 1.50. The Hall–Kier alpha value is -4.14. The Bertz CT molecular complexity index is 1370. The highest BCUT2D eigenvalue weighted by Gasteiger charge is 2.37. The normalized spacial score (nSPS) is 14.5. The van der Waals surface area contributed by atoms with Gasteiger partial charge in [0.1, 0.15) is 5.82 Å². The molecule has 0 unspecified atom stereocenters. The molecule has 0 spiro atoms. The Morgan fingerprint density at radius 3 is 2.47 bits per heavy atom. The number of halogens is 1. The number of rotatable bonds is 4. The second-order valence-corrected chi connectivity index (χ2v) is 9.55. The number of anilines is 1. The van der Waals surface area contributed by atoms with Gasteiger partial charge in [-0.05, 0) is 55.0 Å².